The molecular formula is C22H21F3N6O. The summed E-state index contributed by atoms with van der Waals surface area (Å²) in [6.45, 7) is 3.39. The molecule has 2 N–H and O–H groups in total. The van der Waals surface area contributed by atoms with E-state index in [-0.39, 0.29) is 11.6 Å². The number of alkyl halides is 3. The molecule has 0 saturated carbocycles. The number of nitrogens with zero attached hydrogens (tertiary/aromatic N) is 5. The van der Waals surface area contributed by atoms with E-state index in [0.29, 0.717) is 29.9 Å². The minimum Gasteiger partial charge on any atom is -0.383 e. The molecule has 0 radical (unpaired) electrons. The maximum atomic E-state index is 13.3. The second kappa shape index (κ2) is 7.70. The number of pyridine rings is 3. The van der Waals surface area contributed by atoms with Crippen molar-refractivity contribution in [3.63, 3.8) is 0 Å². The molecule has 4 aromatic rings. The summed E-state index contributed by atoms with van der Waals surface area (Å²) in [5.41, 5.74) is 7.89. The van der Waals surface area contributed by atoms with Crippen molar-refractivity contribution in [3.8, 4) is 11.3 Å². The van der Waals surface area contributed by atoms with E-state index < -0.39 is 17.6 Å². The average Bonchev–Trinajstić information content (AvgIpc) is 3.18. The third-order valence-electron chi connectivity index (χ3n) is 5.83. The van der Waals surface area contributed by atoms with Gasteiger partial charge in [-0.3, -0.25) is 4.98 Å². The molecule has 0 aromatic carbocycles. The van der Waals surface area contributed by atoms with Gasteiger partial charge in [-0.2, -0.15) is 13.2 Å². The molecule has 166 valence electrons. The van der Waals surface area contributed by atoms with Crippen LogP contribution in [0.5, 0.6) is 0 Å². The number of hydrogen-bond acceptors (Lipinski definition) is 6. The van der Waals surface area contributed by atoms with Crippen LogP contribution in [0.15, 0.2) is 30.6 Å². The highest BCUT2D eigenvalue weighted by Crippen LogP contribution is 2.36. The molecule has 1 fully saturated rings. The van der Waals surface area contributed by atoms with Crippen LogP contribution in [0.4, 0.5) is 19.0 Å². The van der Waals surface area contributed by atoms with E-state index in [9.17, 15) is 13.2 Å². The van der Waals surface area contributed by atoms with Gasteiger partial charge in [-0.15, -0.1) is 0 Å². The maximum Gasteiger partial charge on any atom is 0.419 e. The predicted octanol–water partition coefficient (Wildman–Crippen LogP) is 4.56. The molecule has 0 atom stereocenters. The number of hydrogen-bond donors (Lipinski definition) is 1. The summed E-state index contributed by atoms with van der Waals surface area (Å²) < 4.78 is 47.7. The van der Waals surface area contributed by atoms with E-state index in [1.165, 1.54) is 6.20 Å². The number of anilines is 1. The fraction of sp³-hybridized carbons (Fsp3) is 0.364. The minimum absolute atomic E-state index is 0.217. The van der Waals surface area contributed by atoms with Crippen LogP contribution in [-0.2, 0) is 17.3 Å². The SMILES string of the molecule is CCc1nc2cnc3ccc(-c4cnc(N)c(C(F)(F)F)c4)nc3c2n1C1CCOCC1. The van der Waals surface area contributed by atoms with Crippen molar-refractivity contribution in [2.45, 2.75) is 38.4 Å². The summed E-state index contributed by atoms with van der Waals surface area (Å²) in [7, 11) is 0. The van der Waals surface area contributed by atoms with E-state index in [4.69, 9.17) is 20.4 Å². The van der Waals surface area contributed by atoms with E-state index in [1.54, 1.807) is 18.3 Å². The molecule has 0 bridgehead atoms. The van der Waals surface area contributed by atoms with Gasteiger partial charge in [-0.1, -0.05) is 6.92 Å². The molecule has 5 rings (SSSR count). The van der Waals surface area contributed by atoms with E-state index in [0.717, 1.165) is 42.2 Å². The van der Waals surface area contributed by atoms with Crippen LogP contribution in [0.25, 0.3) is 33.3 Å². The highest BCUT2D eigenvalue weighted by atomic mass is 19.4. The van der Waals surface area contributed by atoms with Gasteiger partial charge >= 0.3 is 6.18 Å². The molecule has 0 unspecified atom stereocenters. The number of ether oxygens (including phenoxy) is 1. The predicted molar refractivity (Wildman–Crippen MR) is 114 cm³/mol. The van der Waals surface area contributed by atoms with Crippen LogP contribution in [0.3, 0.4) is 0 Å². The first kappa shape index (κ1) is 20.6. The number of halogens is 3. The van der Waals surface area contributed by atoms with Crippen molar-refractivity contribution in [3.05, 3.63) is 42.0 Å². The third-order valence-corrected chi connectivity index (χ3v) is 5.83. The van der Waals surface area contributed by atoms with E-state index >= 15 is 0 Å². The standard InChI is InChI=1S/C22H21F3N6O/c1-2-18-29-17-11-27-16-4-3-15(12-9-14(22(23,24)25)21(26)28-10-12)30-19(16)20(17)31(18)13-5-7-32-8-6-13/h3-4,9-11,13H,2,5-8H2,1H3,(H2,26,28). The zero-order chi connectivity index (χ0) is 22.5. The van der Waals surface area contributed by atoms with Crippen LogP contribution in [0, 0.1) is 0 Å². The van der Waals surface area contributed by atoms with Crippen molar-refractivity contribution in [2.24, 2.45) is 0 Å². The van der Waals surface area contributed by atoms with Gasteiger partial charge in [0.05, 0.1) is 28.5 Å². The quantitative estimate of drug-likeness (QED) is 0.500. The Morgan fingerprint density at radius 2 is 1.88 bits per heavy atom. The molecule has 32 heavy (non-hydrogen) atoms. The molecule has 1 saturated heterocycles. The van der Waals surface area contributed by atoms with Gasteiger partial charge in [0.15, 0.2) is 0 Å². The Hall–Kier alpha value is -3.27. The lowest BCUT2D eigenvalue weighted by Gasteiger charge is -2.25. The van der Waals surface area contributed by atoms with Crippen LogP contribution in [-0.4, -0.2) is 37.7 Å². The van der Waals surface area contributed by atoms with E-state index in [2.05, 4.69) is 14.5 Å². The van der Waals surface area contributed by atoms with Gasteiger partial charge in [0.25, 0.3) is 0 Å². The van der Waals surface area contributed by atoms with Crippen LogP contribution in [0.1, 0.15) is 37.2 Å². The van der Waals surface area contributed by atoms with Gasteiger partial charge in [-0.05, 0) is 31.0 Å². The van der Waals surface area contributed by atoms with Crippen molar-refractivity contribution < 1.29 is 17.9 Å². The maximum absolute atomic E-state index is 13.3. The number of fused-ring (bicyclic) bond motifs is 3. The molecule has 0 spiro atoms. The van der Waals surface area contributed by atoms with Gasteiger partial charge < -0.3 is 15.0 Å². The third kappa shape index (κ3) is 3.44. The molecule has 0 amide bonds. The number of imidazole rings is 1. The van der Waals surface area contributed by atoms with Gasteiger partial charge in [0, 0.05) is 37.4 Å². The summed E-state index contributed by atoms with van der Waals surface area (Å²) in [4.78, 5) is 17.7. The molecule has 5 heterocycles. The topological polar surface area (TPSA) is 91.7 Å². The molecule has 10 heteroatoms. The van der Waals surface area contributed by atoms with Gasteiger partial charge in [0.1, 0.15) is 22.7 Å². The summed E-state index contributed by atoms with van der Waals surface area (Å²) >= 11 is 0. The highest BCUT2D eigenvalue weighted by molar-refractivity contribution is 6.00. The molecule has 7 nitrogen and oxygen atoms in total. The lowest BCUT2D eigenvalue weighted by molar-refractivity contribution is -0.137. The first-order valence-electron chi connectivity index (χ1n) is 10.4. The monoisotopic (exact) mass is 442 g/mol. The number of nitrogen functional groups attached to an aromatic ring is 1. The Morgan fingerprint density at radius 3 is 2.59 bits per heavy atom. The fourth-order valence-corrected chi connectivity index (χ4v) is 4.27. The van der Waals surface area contributed by atoms with E-state index in [1.807, 2.05) is 6.92 Å². The highest BCUT2D eigenvalue weighted by Gasteiger charge is 2.34. The lowest BCUT2D eigenvalue weighted by atomic mass is 10.1. The van der Waals surface area contributed by atoms with Gasteiger partial charge in [0.2, 0.25) is 0 Å². The Bertz CT molecular complexity index is 1310. The Balaban J connectivity index is 1.73. The van der Waals surface area contributed by atoms with Crippen LogP contribution < -0.4 is 5.73 Å². The summed E-state index contributed by atoms with van der Waals surface area (Å²) in [5.74, 6) is 0.373. The smallest absolute Gasteiger partial charge is 0.383 e. The van der Waals surface area contributed by atoms with Crippen molar-refractivity contribution >= 4 is 27.9 Å². The van der Waals surface area contributed by atoms with Crippen LogP contribution in [0.2, 0.25) is 0 Å². The van der Waals surface area contributed by atoms with Crippen LogP contribution >= 0.6 is 0 Å². The van der Waals surface area contributed by atoms with Gasteiger partial charge in [-0.25, -0.2) is 15.0 Å². The summed E-state index contributed by atoms with van der Waals surface area (Å²) in [6.07, 6.45) is 0.887. The lowest BCUT2D eigenvalue weighted by Crippen LogP contribution is -2.21. The molecule has 1 aliphatic rings. The summed E-state index contributed by atoms with van der Waals surface area (Å²) in [5, 5.41) is 0. The zero-order valence-electron chi connectivity index (χ0n) is 17.4. The fourth-order valence-electron chi connectivity index (χ4n) is 4.27. The molecule has 4 aromatic heterocycles. The summed E-state index contributed by atoms with van der Waals surface area (Å²) in [6, 6.07) is 4.60. The Kier molecular flexibility index (Phi) is 4.96. The number of aryl methyl sites for hydroxylation is 1. The number of rotatable bonds is 3. The molecule has 0 aliphatic carbocycles. The second-order valence-corrected chi connectivity index (χ2v) is 7.81. The zero-order valence-corrected chi connectivity index (χ0v) is 17.4. The van der Waals surface area contributed by atoms with Crippen molar-refractivity contribution in [1.82, 2.24) is 24.5 Å². The van der Waals surface area contributed by atoms with Crippen molar-refractivity contribution in [1.29, 1.82) is 0 Å². The first-order valence-corrected chi connectivity index (χ1v) is 10.4. The normalized spacial score (nSPS) is 15.6. The minimum atomic E-state index is -4.60. The Labute approximate surface area is 181 Å². The molecule has 1 aliphatic heterocycles. The Morgan fingerprint density at radius 1 is 1.09 bits per heavy atom. The molecular weight excluding hydrogens is 421 g/mol. The van der Waals surface area contributed by atoms with Crippen molar-refractivity contribution in [2.75, 3.05) is 18.9 Å². The largest absolute Gasteiger partial charge is 0.419 e. The number of nitrogens with two attached hydrogens (primary N) is 1. The average molecular weight is 442 g/mol. The first-order chi connectivity index (χ1) is 15.4. The number of aromatic nitrogens is 5. The second-order valence-electron chi connectivity index (χ2n) is 7.81.